The first-order valence-corrected chi connectivity index (χ1v) is 11.2. The fraction of sp³-hybridized carbons (Fsp3) is 0.389. The average Bonchev–Trinajstić information content (AvgIpc) is 3.34. The van der Waals surface area contributed by atoms with Crippen molar-refractivity contribution in [2.45, 2.75) is 36.5 Å². The molecule has 2 aliphatic rings. The van der Waals surface area contributed by atoms with E-state index in [4.69, 9.17) is 11.6 Å². The van der Waals surface area contributed by atoms with Crippen molar-refractivity contribution in [1.82, 2.24) is 19.5 Å². The Kier molecular flexibility index (Phi) is 4.75. The molecule has 0 bridgehead atoms. The summed E-state index contributed by atoms with van der Waals surface area (Å²) in [5.41, 5.74) is 3.70. The van der Waals surface area contributed by atoms with Crippen molar-refractivity contribution < 1.29 is 10.2 Å². The van der Waals surface area contributed by atoms with Gasteiger partial charge in [0.2, 0.25) is 5.28 Å². The second-order valence-electron chi connectivity index (χ2n) is 7.03. The van der Waals surface area contributed by atoms with Gasteiger partial charge in [0.15, 0.2) is 17.0 Å². The first-order valence-electron chi connectivity index (χ1n) is 8.94. The molecule has 5 rings (SSSR count). The number of halogens is 2. The molecule has 0 saturated carbocycles. The summed E-state index contributed by atoms with van der Waals surface area (Å²) in [6.07, 6.45) is 1.93. The highest BCUT2D eigenvalue weighted by molar-refractivity contribution is 9.10. The van der Waals surface area contributed by atoms with E-state index in [-0.39, 0.29) is 16.7 Å². The number of aliphatic hydroxyl groups is 2. The van der Waals surface area contributed by atoms with Crippen LogP contribution in [0.3, 0.4) is 0 Å². The minimum absolute atomic E-state index is 0.111. The Morgan fingerprint density at radius 1 is 1.29 bits per heavy atom. The molecule has 28 heavy (non-hydrogen) atoms. The van der Waals surface area contributed by atoms with Gasteiger partial charge >= 0.3 is 0 Å². The summed E-state index contributed by atoms with van der Waals surface area (Å²) in [7, 11) is 0. The van der Waals surface area contributed by atoms with Crippen molar-refractivity contribution in [2.75, 3.05) is 11.1 Å². The quantitative estimate of drug-likeness (QED) is 0.493. The molecular formula is C18H17BrClN5O2S. The molecule has 0 unspecified atom stereocenters. The number of nitrogens with zero attached hydrogens (tertiary/aromatic N) is 4. The van der Waals surface area contributed by atoms with Crippen LogP contribution >= 0.6 is 39.3 Å². The molecule has 1 aliphatic heterocycles. The number of nitrogens with one attached hydrogen (secondary N) is 1. The maximum atomic E-state index is 10.3. The minimum atomic E-state index is -0.883. The van der Waals surface area contributed by atoms with Crippen LogP contribution in [0.25, 0.3) is 11.2 Å². The van der Waals surface area contributed by atoms with Gasteiger partial charge in [-0.3, -0.25) is 4.57 Å². The number of hydrogen-bond donors (Lipinski definition) is 3. The van der Waals surface area contributed by atoms with E-state index < -0.39 is 12.2 Å². The molecule has 0 radical (unpaired) electrons. The van der Waals surface area contributed by atoms with Crippen LogP contribution in [0.2, 0.25) is 5.28 Å². The van der Waals surface area contributed by atoms with E-state index in [1.54, 1.807) is 10.9 Å². The van der Waals surface area contributed by atoms with Crippen LogP contribution in [0, 0.1) is 0 Å². The summed E-state index contributed by atoms with van der Waals surface area (Å²) >= 11 is 11.2. The molecule has 4 atom stereocenters. The highest BCUT2D eigenvalue weighted by Gasteiger charge is 2.36. The lowest BCUT2D eigenvalue weighted by atomic mass is 10.1. The Balaban J connectivity index is 1.52. The van der Waals surface area contributed by atoms with Gasteiger partial charge in [0, 0.05) is 10.2 Å². The second-order valence-corrected chi connectivity index (χ2v) is 9.43. The van der Waals surface area contributed by atoms with Crippen molar-refractivity contribution in [3.05, 3.63) is 45.4 Å². The van der Waals surface area contributed by atoms with Gasteiger partial charge < -0.3 is 15.5 Å². The standard InChI is InChI=1S/C18H17BrClN5O2S/c19-9-3-1-8-2-4-11(10(8)5-9)22-15-13-16(24-18(20)23-15)25(7-21-13)17-14(27)12(26)6-28-17/h1,3,5,7,11-12,14,17,26-27H,2,4,6H2,(H,22,23,24)/t11-,12-,14-,17-/m1/s1. The van der Waals surface area contributed by atoms with Gasteiger partial charge in [0.05, 0.1) is 18.5 Å². The zero-order valence-corrected chi connectivity index (χ0v) is 17.7. The molecule has 3 heterocycles. The molecule has 10 heteroatoms. The largest absolute Gasteiger partial charge is 0.389 e. The number of rotatable bonds is 3. The van der Waals surface area contributed by atoms with E-state index >= 15 is 0 Å². The number of benzene rings is 1. The summed E-state index contributed by atoms with van der Waals surface area (Å²) in [4.78, 5) is 13.2. The number of thioether (sulfide) groups is 1. The molecule has 146 valence electrons. The van der Waals surface area contributed by atoms with Crippen molar-refractivity contribution in [3.63, 3.8) is 0 Å². The molecule has 3 N–H and O–H groups in total. The van der Waals surface area contributed by atoms with Crippen molar-refractivity contribution in [3.8, 4) is 0 Å². The lowest BCUT2D eigenvalue weighted by Crippen LogP contribution is -2.27. The zero-order chi connectivity index (χ0) is 19.4. The Labute approximate surface area is 178 Å². The number of aliphatic hydroxyl groups excluding tert-OH is 2. The number of aromatic nitrogens is 4. The second kappa shape index (κ2) is 7.14. The third-order valence-electron chi connectivity index (χ3n) is 5.29. The maximum Gasteiger partial charge on any atom is 0.226 e. The predicted octanol–water partition coefficient (Wildman–Crippen LogP) is 3.31. The van der Waals surface area contributed by atoms with Gasteiger partial charge in [0.1, 0.15) is 11.5 Å². The van der Waals surface area contributed by atoms with Crippen molar-refractivity contribution >= 4 is 56.3 Å². The van der Waals surface area contributed by atoms with Gasteiger partial charge in [0.25, 0.3) is 0 Å². The first kappa shape index (κ1) is 18.6. The highest BCUT2D eigenvalue weighted by Crippen LogP contribution is 2.40. The topological polar surface area (TPSA) is 96.1 Å². The molecule has 7 nitrogen and oxygen atoms in total. The van der Waals surface area contributed by atoms with E-state index in [1.807, 2.05) is 0 Å². The van der Waals surface area contributed by atoms with E-state index in [0.29, 0.717) is 22.7 Å². The lowest BCUT2D eigenvalue weighted by molar-refractivity contribution is 0.0313. The fourth-order valence-electron chi connectivity index (χ4n) is 3.89. The van der Waals surface area contributed by atoms with Crippen LogP contribution in [-0.2, 0) is 6.42 Å². The van der Waals surface area contributed by atoms with Crippen molar-refractivity contribution in [1.29, 1.82) is 0 Å². The Hall–Kier alpha value is -1.39. The Morgan fingerprint density at radius 2 is 2.14 bits per heavy atom. The summed E-state index contributed by atoms with van der Waals surface area (Å²) < 4.78 is 2.81. The molecule has 2 aromatic heterocycles. The molecule has 1 fully saturated rings. The van der Waals surface area contributed by atoms with Crippen LogP contribution in [0.4, 0.5) is 5.82 Å². The monoisotopic (exact) mass is 481 g/mol. The van der Waals surface area contributed by atoms with Crippen LogP contribution in [0.15, 0.2) is 29.0 Å². The summed E-state index contributed by atoms with van der Waals surface area (Å²) in [6.45, 7) is 0. The van der Waals surface area contributed by atoms with Gasteiger partial charge in [-0.15, -0.1) is 11.8 Å². The summed E-state index contributed by atoms with van der Waals surface area (Å²) in [6, 6.07) is 6.44. The zero-order valence-electron chi connectivity index (χ0n) is 14.6. The lowest BCUT2D eigenvalue weighted by Gasteiger charge is -2.18. The molecule has 1 saturated heterocycles. The average molecular weight is 483 g/mol. The Bertz CT molecular complexity index is 1060. The minimum Gasteiger partial charge on any atom is -0.389 e. The van der Waals surface area contributed by atoms with Crippen LogP contribution < -0.4 is 5.32 Å². The number of imidazole rings is 1. The van der Waals surface area contributed by atoms with Gasteiger partial charge in [-0.1, -0.05) is 22.0 Å². The van der Waals surface area contributed by atoms with E-state index in [2.05, 4.69) is 54.4 Å². The molecule has 0 spiro atoms. The van der Waals surface area contributed by atoms with Gasteiger partial charge in [-0.25, -0.2) is 4.98 Å². The third-order valence-corrected chi connectivity index (χ3v) is 7.33. The predicted molar refractivity (Wildman–Crippen MR) is 113 cm³/mol. The molecule has 1 aliphatic carbocycles. The van der Waals surface area contributed by atoms with Gasteiger partial charge in [-0.05, 0) is 47.7 Å². The first-order chi connectivity index (χ1) is 13.5. The highest BCUT2D eigenvalue weighted by atomic mass is 79.9. The normalized spacial score (nSPS) is 26.7. The van der Waals surface area contributed by atoms with E-state index in [0.717, 1.165) is 17.3 Å². The van der Waals surface area contributed by atoms with Crippen molar-refractivity contribution in [2.24, 2.45) is 0 Å². The maximum absolute atomic E-state index is 10.3. The number of anilines is 1. The summed E-state index contributed by atoms with van der Waals surface area (Å²) in [5.74, 6) is 1.04. The SMILES string of the molecule is O[C@@H]1[C@H](O)CS[C@H]1n1cnc2c(N[C@@H]3CCc4ccc(Br)cc43)nc(Cl)nc21. The smallest absolute Gasteiger partial charge is 0.226 e. The number of aryl methyl sites for hydroxylation is 1. The number of hydrogen-bond acceptors (Lipinski definition) is 7. The van der Waals surface area contributed by atoms with Crippen LogP contribution in [-0.4, -0.2) is 47.7 Å². The van der Waals surface area contributed by atoms with E-state index in [1.165, 1.54) is 22.9 Å². The molecular weight excluding hydrogens is 466 g/mol. The fourth-order valence-corrected chi connectivity index (χ4v) is 5.72. The summed E-state index contributed by atoms with van der Waals surface area (Å²) in [5, 5.41) is 23.4. The van der Waals surface area contributed by atoms with Crippen LogP contribution in [0.1, 0.15) is 29.0 Å². The van der Waals surface area contributed by atoms with Crippen LogP contribution in [0.5, 0.6) is 0 Å². The molecule has 3 aromatic rings. The molecule has 0 amide bonds. The Morgan fingerprint density at radius 3 is 2.93 bits per heavy atom. The third kappa shape index (κ3) is 3.09. The van der Waals surface area contributed by atoms with E-state index in [9.17, 15) is 10.2 Å². The number of fused-ring (bicyclic) bond motifs is 2. The molecule has 1 aromatic carbocycles. The van der Waals surface area contributed by atoms with Gasteiger partial charge in [-0.2, -0.15) is 9.97 Å².